The molecule has 0 spiro atoms. The molecule has 3 heterocycles. The van der Waals surface area contributed by atoms with Crippen LogP contribution >= 0.6 is 0 Å². The molecule has 0 saturated heterocycles. The first-order valence-electron chi connectivity index (χ1n) is 11.8. The molecule has 3 aromatic heterocycles. The van der Waals surface area contributed by atoms with E-state index in [1.807, 2.05) is 84.9 Å². The van der Waals surface area contributed by atoms with Crippen LogP contribution in [0.4, 0.5) is 17.3 Å². The van der Waals surface area contributed by atoms with E-state index in [0.717, 1.165) is 52.1 Å². The number of hydrogen-bond acceptors (Lipinski definition) is 5. The predicted octanol–water partition coefficient (Wildman–Crippen LogP) is 6.43. The maximum atomic E-state index is 4.96. The second-order valence-electron chi connectivity index (χ2n) is 8.23. The van der Waals surface area contributed by atoms with Crippen molar-refractivity contribution in [2.45, 2.75) is 30.6 Å². The summed E-state index contributed by atoms with van der Waals surface area (Å²) in [5.74, 6) is 1.64. The van der Waals surface area contributed by atoms with E-state index in [0.29, 0.717) is 0 Å². The van der Waals surface area contributed by atoms with Crippen molar-refractivity contribution in [1.29, 1.82) is 0 Å². The molecule has 0 amide bonds. The Labute approximate surface area is 231 Å². The molecule has 2 aromatic carbocycles. The van der Waals surface area contributed by atoms with Crippen molar-refractivity contribution in [2.75, 3.05) is 4.90 Å². The van der Waals surface area contributed by atoms with Gasteiger partial charge in [0.05, 0.1) is 5.69 Å². The molecule has 5 nitrogen and oxygen atoms in total. The molecule has 1 aliphatic rings. The standard InChI is InChI=1S/C23H20N5.C6H6S.Pt/c1-2-9-17(10-3-1)28(21-14-6-7-16-24-21)22-15-8-13-20(25-22)23-18-11-4-5-12-19(18)26-27-23;7-6-4-2-1-3-5-6;/h1-3,6-10,13-16H,4-5,11-12H2;1-5,7H;/q-1;;+2/p-1. The first-order chi connectivity index (χ1) is 17.3. The number of aryl methyl sites for hydroxylation is 1. The number of para-hydroxylation sites is 1. The largest absolute Gasteiger partial charge is 2.00 e. The fourth-order valence-corrected chi connectivity index (χ4v) is 4.33. The van der Waals surface area contributed by atoms with E-state index in [-0.39, 0.29) is 21.1 Å². The number of hydrogen-bond donors (Lipinski definition) is 0. The van der Waals surface area contributed by atoms with Crippen LogP contribution in [0.25, 0.3) is 11.4 Å². The fraction of sp³-hybridized carbons (Fsp3) is 0.138. The van der Waals surface area contributed by atoms with Gasteiger partial charge in [0.1, 0.15) is 11.6 Å². The van der Waals surface area contributed by atoms with Crippen LogP contribution in [0.2, 0.25) is 0 Å². The van der Waals surface area contributed by atoms with Crippen LogP contribution in [0.15, 0.2) is 108 Å². The quantitative estimate of drug-likeness (QED) is 0.206. The smallest absolute Gasteiger partial charge is 0.780 e. The van der Waals surface area contributed by atoms with Gasteiger partial charge in [0, 0.05) is 17.6 Å². The Morgan fingerprint density at radius 3 is 2.11 bits per heavy atom. The number of anilines is 3. The number of rotatable bonds is 4. The van der Waals surface area contributed by atoms with Gasteiger partial charge in [-0.05, 0) is 67.6 Å². The van der Waals surface area contributed by atoms with Crippen LogP contribution in [0.3, 0.4) is 0 Å². The zero-order chi connectivity index (χ0) is 23.9. The van der Waals surface area contributed by atoms with E-state index in [9.17, 15) is 0 Å². The number of benzene rings is 2. The molecule has 0 atom stereocenters. The molecular weight excluding hydrogens is 645 g/mol. The molecule has 6 rings (SSSR count). The van der Waals surface area contributed by atoms with E-state index in [2.05, 4.69) is 32.2 Å². The van der Waals surface area contributed by atoms with Crippen LogP contribution in [0.1, 0.15) is 24.1 Å². The zero-order valence-corrected chi connectivity index (χ0v) is 22.7. The van der Waals surface area contributed by atoms with Gasteiger partial charge in [0.15, 0.2) is 0 Å². The van der Waals surface area contributed by atoms with Crippen molar-refractivity contribution in [3.05, 3.63) is 115 Å². The molecule has 1 aliphatic carbocycles. The summed E-state index contributed by atoms with van der Waals surface area (Å²) < 4.78 is 0. The van der Waals surface area contributed by atoms with Gasteiger partial charge in [-0.1, -0.05) is 66.4 Å². The van der Waals surface area contributed by atoms with Gasteiger partial charge >= 0.3 is 21.1 Å². The Morgan fingerprint density at radius 2 is 1.42 bits per heavy atom. The summed E-state index contributed by atoms with van der Waals surface area (Å²) in [7, 11) is 0. The van der Waals surface area contributed by atoms with Gasteiger partial charge in [-0.25, -0.2) is 9.97 Å². The van der Waals surface area contributed by atoms with Crippen molar-refractivity contribution in [2.24, 2.45) is 0 Å². The third kappa shape index (κ3) is 6.07. The average molecular weight is 671 g/mol. The Kier molecular flexibility index (Phi) is 8.99. The maximum Gasteiger partial charge on any atom is 2.00 e. The van der Waals surface area contributed by atoms with E-state index in [4.69, 9.17) is 17.6 Å². The first-order valence-corrected chi connectivity index (χ1v) is 12.2. The minimum Gasteiger partial charge on any atom is -0.780 e. The minimum absolute atomic E-state index is 0. The SMILES string of the molecule is [Pt+2].[S-]c1ccccc1.c1ccc(N(c2ccccn2)c2cccc(-c3[n-]nc4c3CCCC4)n2)cc1. The Balaban J connectivity index is 0.000000331. The summed E-state index contributed by atoms with van der Waals surface area (Å²) in [6.45, 7) is 0. The van der Waals surface area contributed by atoms with Gasteiger partial charge in [-0.15, -0.1) is 0 Å². The monoisotopic (exact) mass is 670 g/mol. The second kappa shape index (κ2) is 12.6. The van der Waals surface area contributed by atoms with Crippen LogP contribution in [-0.4, -0.2) is 15.1 Å². The molecular formula is C29H25N5PtS. The third-order valence-electron chi connectivity index (χ3n) is 5.84. The number of aromatic nitrogens is 4. The molecule has 0 radical (unpaired) electrons. The molecule has 0 unspecified atom stereocenters. The summed E-state index contributed by atoms with van der Waals surface area (Å²) in [6, 6.07) is 31.7. The van der Waals surface area contributed by atoms with Crippen LogP contribution in [-0.2, 0) is 46.5 Å². The molecule has 0 fully saturated rings. The molecule has 182 valence electrons. The van der Waals surface area contributed by atoms with Crippen LogP contribution < -0.4 is 10.00 Å². The summed E-state index contributed by atoms with van der Waals surface area (Å²) in [5.41, 5.74) is 5.20. The zero-order valence-electron chi connectivity index (χ0n) is 19.6. The van der Waals surface area contributed by atoms with Crippen molar-refractivity contribution >= 4 is 30.0 Å². The van der Waals surface area contributed by atoms with Crippen molar-refractivity contribution < 1.29 is 21.1 Å². The Hall–Kier alpha value is -3.34. The molecule has 0 aliphatic heterocycles. The first kappa shape index (κ1) is 25.7. The summed E-state index contributed by atoms with van der Waals surface area (Å²) in [5, 5.41) is 8.88. The molecule has 0 bridgehead atoms. The van der Waals surface area contributed by atoms with Gasteiger partial charge in [-0.2, -0.15) is 4.90 Å². The van der Waals surface area contributed by atoms with E-state index in [1.54, 1.807) is 6.20 Å². The second-order valence-corrected chi connectivity index (χ2v) is 8.71. The third-order valence-corrected chi connectivity index (χ3v) is 6.11. The van der Waals surface area contributed by atoms with Crippen molar-refractivity contribution in [1.82, 2.24) is 20.2 Å². The molecule has 7 heteroatoms. The van der Waals surface area contributed by atoms with E-state index < -0.39 is 0 Å². The number of fused-ring (bicyclic) bond motifs is 1. The van der Waals surface area contributed by atoms with E-state index >= 15 is 0 Å². The van der Waals surface area contributed by atoms with Gasteiger partial charge < -0.3 is 22.8 Å². The minimum atomic E-state index is 0. The molecule has 0 N–H and O–H groups in total. The van der Waals surface area contributed by atoms with Gasteiger partial charge in [-0.3, -0.25) is 4.90 Å². The van der Waals surface area contributed by atoms with Gasteiger partial charge in [0.2, 0.25) is 0 Å². The predicted molar refractivity (Wildman–Crippen MR) is 142 cm³/mol. The van der Waals surface area contributed by atoms with Crippen LogP contribution in [0, 0.1) is 0 Å². The van der Waals surface area contributed by atoms with E-state index in [1.165, 1.54) is 18.4 Å². The number of nitrogens with zero attached hydrogens (tertiary/aromatic N) is 5. The molecule has 36 heavy (non-hydrogen) atoms. The molecule has 5 aromatic rings. The van der Waals surface area contributed by atoms with Crippen molar-refractivity contribution in [3.63, 3.8) is 0 Å². The fourth-order valence-electron chi connectivity index (χ4n) is 4.18. The Bertz CT molecular complexity index is 1320. The summed E-state index contributed by atoms with van der Waals surface area (Å²) in [4.78, 5) is 12.5. The summed E-state index contributed by atoms with van der Waals surface area (Å²) >= 11 is 4.81. The van der Waals surface area contributed by atoms with Crippen molar-refractivity contribution in [3.8, 4) is 11.4 Å². The number of pyridine rings is 2. The Morgan fingerprint density at radius 1 is 0.722 bits per heavy atom. The maximum absolute atomic E-state index is 4.96. The molecule has 0 saturated carbocycles. The topological polar surface area (TPSA) is 56.0 Å². The van der Waals surface area contributed by atoms with Gasteiger partial charge in [0.25, 0.3) is 0 Å². The van der Waals surface area contributed by atoms with Crippen LogP contribution in [0.5, 0.6) is 0 Å². The normalized spacial score (nSPS) is 11.9. The average Bonchev–Trinajstić information content (AvgIpc) is 3.36. The summed E-state index contributed by atoms with van der Waals surface area (Å²) in [6.07, 6.45) is 6.24.